The molecule has 1 aliphatic rings. The smallest absolute Gasteiger partial charge is 0.220 e. The van der Waals surface area contributed by atoms with E-state index in [2.05, 4.69) is 5.32 Å². The number of rotatable bonds is 5. The van der Waals surface area contributed by atoms with E-state index in [1.165, 1.54) is 12.1 Å². The predicted octanol–water partition coefficient (Wildman–Crippen LogP) is 0.669. The molecule has 0 aliphatic carbocycles. The molecule has 0 spiro atoms. The number of hydrogen-bond donors (Lipinski definition) is 2. The Labute approximate surface area is 129 Å². The molecule has 1 amide bonds. The molecule has 1 heterocycles. The van der Waals surface area contributed by atoms with Gasteiger partial charge in [0.1, 0.15) is 5.82 Å². The molecule has 0 saturated carbocycles. The lowest BCUT2D eigenvalue weighted by atomic mass is 9.97. The van der Waals surface area contributed by atoms with Gasteiger partial charge in [0.05, 0.1) is 23.7 Å². The quantitative estimate of drug-likeness (QED) is 0.832. The first-order chi connectivity index (χ1) is 10.2. The number of carbonyl (C=O) groups is 1. The van der Waals surface area contributed by atoms with Gasteiger partial charge in [-0.25, -0.2) is 12.8 Å². The number of nitrogens with one attached hydrogen (secondary N) is 1. The highest BCUT2D eigenvalue weighted by atomic mass is 32.2. The fraction of sp³-hybridized carbons (Fsp3) is 0.533. The molecule has 0 bridgehead atoms. The summed E-state index contributed by atoms with van der Waals surface area (Å²) >= 11 is 0. The van der Waals surface area contributed by atoms with Crippen LogP contribution in [0.2, 0.25) is 0 Å². The lowest BCUT2D eigenvalue weighted by Gasteiger charge is -2.17. The van der Waals surface area contributed by atoms with Crippen molar-refractivity contribution in [3.8, 4) is 0 Å². The third-order valence-corrected chi connectivity index (χ3v) is 5.39. The Hall–Kier alpha value is -1.47. The summed E-state index contributed by atoms with van der Waals surface area (Å²) in [6, 6.07) is 5.48. The van der Waals surface area contributed by atoms with Gasteiger partial charge in [0.25, 0.3) is 0 Å². The number of benzene rings is 1. The molecule has 3 atom stereocenters. The first kappa shape index (κ1) is 16.9. The van der Waals surface area contributed by atoms with Crippen LogP contribution < -0.4 is 5.32 Å². The summed E-state index contributed by atoms with van der Waals surface area (Å²) < 4.78 is 35.9. The molecule has 122 valence electrons. The molecule has 1 unspecified atom stereocenters. The summed E-state index contributed by atoms with van der Waals surface area (Å²) in [5.74, 6) is -1.16. The maximum Gasteiger partial charge on any atom is 0.220 e. The molecule has 1 aliphatic heterocycles. The van der Waals surface area contributed by atoms with E-state index in [-0.39, 0.29) is 35.6 Å². The van der Waals surface area contributed by atoms with Gasteiger partial charge in [-0.05, 0) is 30.0 Å². The van der Waals surface area contributed by atoms with Crippen LogP contribution in [0.5, 0.6) is 0 Å². The Bertz CT molecular complexity index is 647. The van der Waals surface area contributed by atoms with Crippen LogP contribution in [-0.4, -0.2) is 43.1 Å². The average Bonchev–Trinajstić information content (AvgIpc) is 2.61. The highest BCUT2D eigenvalue weighted by molar-refractivity contribution is 7.91. The van der Waals surface area contributed by atoms with Crippen LogP contribution in [0.15, 0.2) is 24.3 Å². The van der Waals surface area contributed by atoms with E-state index in [0.717, 1.165) is 5.56 Å². The van der Waals surface area contributed by atoms with Crippen molar-refractivity contribution >= 4 is 15.7 Å². The van der Waals surface area contributed by atoms with E-state index in [0.29, 0.717) is 6.42 Å². The van der Waals surface area contributed by atoms with E-state index in [1.807, 2.05) is 6.92 Å². The molecule has 5 nitrogen and oxygen atoms in total. The van der Waals surface area contributed by atoms with Gasteiger partial charge in [-0.1, -0.05) is 19.1 Å². The highest BCUT2D eigenvalue weighted by Gasteiger charge is 2.37. The minimum Gasteiger partial charge on any atom is -0.390 e. The van der Waals surface area contributed by atoms with Gasteiger partial charge in [0.15, 0.2) is 9.84 Å². The molecule has 1 fully saturated rings. The summed E-state index contributed by atoms with van der Waals surface area (Å²) in [6.45, 7) is 1.87. The molecule has 1 aromatic rings. The van der Waals surface area contributed by atoms with Crippen molar-refractivity contribution in [2.45, 2.75) is 31.9 Å². The van der Waals surface area contributed by atoms with Gasteiger partial charge in [-0.3, -0.25) is 4.79 Å². The molecule has 2 N–H and O–H groups in total. The topological polar surface area (TPSA) is 83.5 Å². The van der Waals surface area contributed by atoms with E-state index in [1.54, 1.807) is 12.1 Å². The molecular weight excluding hydrogens is 309 g/mol. The number of aliphatic hydroxyl groups excluding tert-OH is 1. The van der Waals surface area contributed by atoms with E-state index in [9.17, 15) is 22.7 Å². The minimum absolute atomic E-state index is 0.0167. The van der Waals surface area contributed by atoms with Crippen LogP contribution in [-0.2, 0) is 21.1 Å². The van der Waals surface area contributed by atoms with Crippen LogP contribution >= 0.6 is 0 Å². The van der Waals surface area contributed by atoms with Crippen molar-refractivity contribution in [1.29, 1.82) is 0 Å². The van der Waals surface area contributed by atoms with Gasteiger partial charge in [0.2, 0.25) is 5.91 Å². The van der Waals surface area contributed by atoms with Gasteiger partial charge in [0, 0.05) is 6.42 Å². The Morgan fingerprint density at radius 2 is 2.18 bits per heavy atom. The maximum absolute atomic E-state index is 13.1. The Morgan fingerprint density at radius 1 is 1.45 bits per heavy atom. The number of carbonyl (C=O) groups excluding carboxylic acids is 1. The van der Waals surface area contributed by atoms with Gasteiger partial charge in [-0.15, -0.1) is 0 Å². The van der Waals surface area contributed by atoms with E-state index >= 15 is 0 Å². The lowest BCUT2D eigenvalue weighted by molar-refractivity contribution is -0.123. The lowest BCUT2D eigenvalue weighted by Crippen LogP contribution is -2.43. The van der Waals surface area contributed by atoms with E-state index in [4.69, 9.17) is 0 Å². The summed E-state index contributed by atoms with van der Waals surface area (Å²) in [5, 5.41) is 12.2. The third kappa shape index (κ3) is 4.78. The van der Waals surface area contributed by atoms with Crippen LogP contribution in [0.25, 0.3) is 0 Å². The standard InChI is InChI=1S/C15H20FNO4S/c1-10(5-11-3-2-4-12(16)7-11)6-15(19)17-13-8-22(20,21)9-14(13)18/h2-4,7,10,13-14,18H,5-6,8-9H2,1H3,(H,17,19)/t10?,13-,14-/m1/s1. The number of amides is 1. The van der Waals surface area contributed by atoms with Crippen LogP contribution in [0.1, 0.15) is 18.9 Å². The summed E-state index contributed by atoms with van der Waals surface area (Å²) in [7, 11) is -3.28. The molecular formula is C15H20FNO4S. The molecule has 22 heavy (non-hydrogen) atoms. The maximum atomic E-state index is 13.1. The zero-order valence-corrected chi connectivity index (χ0v) is 13.1. The largest absolute Gasteiger partial charge is 0.390 e. The summed E-state index contributed by atoms with van der Waals surface area (Å²) in [6.07, 6.45) is -0.302. The van der Waals surface area contributed by atoms with Crippen LogP contribution in [0.3, 0.4) is 0 Å². The minimum atomic E-state index is -3.28. The zero-order valence-electron chi connectivity index (χ0n) is 12.3. The second kappa shape index (κ2) is 6.75. The monoisotopic (exact) mass is 329 g/mol. The Morgan fingerprint density at radius 3 is 2.77 bits per heavy atom. The fourth-order valence-corrected chi connectivity index (χ4v) is 4.43. The van der Waals surface area contributed by atoms with Crippen LogP contribution in [0, 0.1) is 11.7 Å². The van der Waals surface area contributed by atoms with Gasteiger partial charge in [-0.2, -0.15) is 0 Å². The fourth-order valence-electron chi connectivity index (χ4n) is 2.69. The first-order valence-electron chi connectivity index (χ1n) is 7.17. The molecule has 2 rings (SSSR count). The Kier molecular flexibility index (Phi) is 5.18. The number of hydrogen-bond acceptors (Lipinski definition) is 4. The first-order valence-corrected chi connectivity index (χ1v) is 8.99. The average molecular weight is 329 g/mol. The number of halogens is 1. The van der Waals surface area contributed by atoms with Crippen molar-refractivity contribution in [3.63, 3.8) is 0 Å². The molecule has 0 radical (unpaired) electrons. The molecule has 0 aromatic heterocycles. The second-order valence-electron chi connectivity index (χ2n) is 5.96. The van der Waals surface area contributed by atoms with Crippen LogP contribution in [0.4, 0.5) is 4.39 Å². The number of aliphatic hydroxyl groups is 1. The van der Waals surface area contributed by atoms with Gasteiger partial charge < -0.3 is 10.4 Å². The van der Waals surface area contributed by atoms with E-state index < -0.39 is 22.0 Å². The third-order valence-electron chi connectivity index (χ3n) is 3.68. The highest BCUT2D eigenvalue weighted by Crippen LogP contribution is 2.15. The Balaban J connectivity index is 1.84. The molecule has 7 heteroatoms. The van der Waals surface area contributed by atoms with Crippen molar-refractivity contribution in [2.24, 2.45) is 5.92 Å². The van der Waals surface area contributed by atoms with Gasteiger partial charge >= 0.3 is 0 Å². The normalized spacial score (nSPS) is 24.9. The van der Waals surface area contributed by atoms with Crippen molar-refractivity contribution in [2.75, 3.05) is 11.5 Å². The van der Waals surface area contributed by atoms with Crippen molar-refractivity contribution in [3.05, 3.63) is 35.6 Å². The predicted molar refractivity (Wildman–Crippen MR) is 80.5 cm³/mol. The van der Waals surface area contributed by atoms with Crippen molar-refractivity contribution < 1.29 is 22.7 Å². The molecule has 1 saturated heterocycles. The van der Waals surface area contributed by atoms with Crippen molar-refractivity contribution in [1.82, 2.24) is 5.32 Å². The summed E-state index contributed by atoms with van der Waals surface area (Å²) in [5.41, 5.74) is 0.809. The SMILES string of the molecule is CC(CC(=O)N[C@@H]1CS(=O)(=O)C[C@H]1O)Cc1cccc(F)c1. The summed E-state index contributed by atoms with van der Waals surface area (Å²) in [4.78, 5) is 11.9. The number of sulfone groups is 1. The zero-order chi connectivity index (χ0) is 16.3. The molecule has 1 aromatic carbocycles. The second-order valence-corrected chi connectivity index (χ2v) is 8.12.